The summed E-state index contributed by atoms with van der Waals surface area (Å²) >= 11 is 0. The predicted octanol–water partition coefficient (Wildman–Crippen LogP) is 5.56. The van der Waals surface area contributed by atoms with Crippen LogP contribution >= 0.6 is 0 Å². The smallest absolute Gasteiger partial charge is 0.341 e. The minimum atomic E-state index is -2.04. The summed E-state index contributed by atoms with van der Waals surface area (Å²) < 4.78 is 46.2. The lowest BCUT2D eigenvalue weighted by Crippen LogP contribution is -2.46. The van der Waals surface area contributed by atoms with Crippen LogP contribution < -0.4 is 36.4 Å². The van der Waals surface area contributed by atoms with E-state index < -0.39 is 106 Å². The molecule has 0 aliphatic carbocycles. The number of esters is 1. The molecule has 8 heterocycles. The number of amides is 2. The van der Waals surface area contributed by atoms with Crippen LogP contribution in [-0.4, -0.2) is 201 Å². The molecule has 0 saturated carbocycles. The molecule has 1 unspecified atom stereocenters. The third kappa shape index (κ3) is 15.0. The first-order chi connectivity index (χ1) is 45.0. The number of likely N-dealkylation sites (N-methyl/N-ethyl adjacent to an activating group) is 2. The summed E-state index contributed by atoms with van der Waals surface area (Å²) in [5.41, 5.74) is 1.95. The number of hydrazine groups is 1. The van der Waals surface area contributed by atoms with E-state index in [9.17, 15) is 63.8 Å². The molecular formula is C67H85FN10O17. The minimum absolute atomic E-state index is 0.0434. The van der Waals surface area contributed by atoms with E-state index in [2.05, 4.69) is 25.2 Å². The van der Waals surface area contributed by atoms with Crippen molar-refractivity contribution in [2.24, 2.45) is 34.6 Å². The lowest BCUT2D eigenvalue weighted by molar-refractivity contribution is -0.160. The van der Waals surface area contributed by atoms with Crippen molar-refractivity contribution >= 4 is 68.8 Å². The predicted molar refractivity (Wildman–Crippen MR) is 351 cm³/mol. The molecule has 5 aromatic rings. The molecule has 0 radical (unpaired) electrons. The molecule has 10 N–H and O–H groups in total. The van der Waals surface area contributed by atoms with Gasteiger partial charge in [0, 0.05) is 138 Å². The highest BCUT2D eigenvalue weighted by atomic mass is 19.1. The van der Waals surface area contributed by atoms with E-state index in [-0.39, 0.29) is 74.0 Å². The molecule has 2 aromatic heterocycles. The van der Waals surface area contributed by atoms with Crippen molar-refractivity contribution < 1.29 is 82.7 Å². The number of aromatic carboxylic acids is 1. The number of aliphatic hydroxyl groups excluding tert-OH is 2. The Kier molecular flexibility index (Phi) is 22.7. The molecule has 6 aliphatic heterocycles. The Bertz CT molecular complexity index is 3920. The topological polar surface area (TPSA) is 363 Å². The number of hydrazone groups is 1. The summed E-state index contributed by atoms with van der Waals surface area (Å²) in [4.78, 5) is 85.2. The number of fused-ring (bicyclic) bond motifs is 14. The number of Topliss-reactive ketones (excluding diaryl/α,β-unsaturated/α-hetero) is 1. The molecule has 2 saturated heterocycles. The van der Waals surface area contributed by atoms with Crippen LogP contribution in [0.25, 0.3) is 21.7 Å². The number of nitrogen functional groups attached to an aromatic ring is 1. The molecule has 2 amide bonds. The van der Waals surface area contributed by atoms with Crippen molar-refractivity contribution in [2.75, 3.05) is 90.4 Å². The number of rotatable bonds is 7. The van der Waals surface area contributed by atoms with Crippen LogP contribution in [0.1, 0.15) is 104 Å². The third-order valence-electron chi connectivity index (χ3n) is 18.1. The Hall–Kier alpha value is -9.19. The summed E-state index contributed by atoms with van der Waals surface area (Å²) in [6.07, 6.45) is 9.27. The molecule has 28 heteroatoms. The summed E-state index contributed by atoms with van der Waals surface area (Å²) in [6.45, 7) is 20.2. The van der Waals surface area contributed by atoms with E-state index in [1.54, 1.807) is 61.6 Å². The number of allylic oxidation sites excluding steroid dienone is 2. The van der Waals surface area contributed by atoms with E-state index in [4.69, 9.17) is 29.5 Å². The summed E-state index contributed by atoms with van der Waals surface area (Å²) in [6, 6.07) is 4.17. The number of carboxylic acids is 1. The molecule has 2 fully saturated rings. The van der Waals surface area contributed by atoms with Crippen LogP contribution in [0.4, 0.5) is 15.8 Å². The molecule has 0 spiro atoms. The van der Waals surface area contributed by atoms with Crippen LogP contribution in [-0.2, 0) is 23.8 Å². The van der Waals surface area contributed by atoms with Gasteiger partial charge in [-0.15, -0.1) is 0 Å². The highest BCUT2D eigenvalue weighted by molar-refractivity contribution is 6.24. The first-order valence-corrected chi connectivity index (χ1v) is 31.1. The van der Waals surface area contributed by atoms with Gasteiger partial charge in [0.05, 0.1) is 69.9 Å². The number of hydrogen-bond donors (Lipinski definition) is 9. The second-order valence-corrected chi connectivity index (χ2v) is 24.8. The Balaban J connectivity index is 0.000000259. The number of halogens is 1. The van der Waals surface area contributed by atoms with Gasteiger partial charge in [0.1, 0.15) is 41.2 Å². The van der Waals surface area contributed by atoms with Crippen molar-refractivity contribution in [3.63, 3.8) is 0 Å². The van der Waals surface area contributed by atoms with Gasteiger partial charge in [0.25, 0.3) is 17.6 Å². The second-order valence-electron chi connectivity index (χ2n) is 24.8. The number of nitrogens with zero attached hydrogens (tertiary/aromatic N) is 7. The van der Waals surface area contributed by atoms with E-state index in [0.717, 1.165) is 32.2 Å². The molecule has 95 heavy (non-hydrogen) atoms. The monoisotopic (exact) mass is 1320 g/mol. The molecule has 6 aliphatic rings. The number of aromatic nitrogens is 2. The zero-order chi connectivity index (χ0) is 69.7. The molecule has 512 valence electrons. The Morgan fingerprint density at radius 3 is 2.13 bits per heavy atom. The van der Waals surface area contributed by atoms with Crippen LogP contribution in [0.15, 0.2) is 82.8 Å². The van der Waals surface area contributed by atoms with Crippen LogP contribution in [0, 0.1) is 36.4 Å². The SMILES string of the molecule is CC1COc2c(N3CCN(C)CC3)c(F)cc3c(=O)c(C(=O)O)cn1c23.CO[C@H]1/C=C/O[C@@]2(C)Oc3c(C)c(O)c4c(O)c(c(/C=N\N5CCN(C)CC5)c(O)c4c3C2=O)NC(=O)/C(C)=C\C=C\[C@H](C)[C@H](O)[C@@H](C)[C@@H](O)[C@@H](C)[C@H](OC(C)=O)[C@@H]1C.NNC(=O)c1ccncc1. The highest BCUT2D eigenvalue weighted by Gasteiger charge is 2.50. The summed E-state index contributed by atoms with van der Waals surface area (Å²) in [5.74, 6) is -5.30. The standard InChI is InChI=1S/C43H58N4O12.C18H20FN3O4.C6H7N3O/c1-21-12-11-13-22(2)42(55)45-33-28(20-44-47-17-15-46(9)16-18-47)37(52)30-31(38(33)53)36(51)26(6)40-32(30)41(54)43(8,59-40)57-19-14-29(56-10)23(3)39(58-27(7)48)25(5)35(50)24(4)34(21)49;1-10-9-26-17-14-11(16(23)12(18(24)25)8-22(10)14)7-13(19)15(17)21-5-3-20(2)4-6-21;7-9-6(10)5-1-3-8-4-2-5/h11-14,19-21,23-25,29,34-35,39,49-53H,15-18H2,1-10H3,(H,45,55);7-8,10H,3-6,9H2,1-2H3,(H,24,25);1-4H,7H2,(H,9,10)/b12-11+,19-14+,22-13-,44-20-;;/t21-,23+,24+,25+,29-,34-,35+,39+,43-;;/m0../s1. The molecule has 5 bridgehead atoms. The molecular weight excluding hydrogens is 1240 g/mol. The number of nitrogens with one attached hydrogen (secondary N) is 2. The normalized spacial score (nSPS) is 26.4. The van der Waals surface area contributed by atoms with Gasteiger partial charge in [0.15, 0.2) is 17.3 Å². The van der Waals surface area contributed by atoms with E-state index >= 15 is 0 Å². The number of anilines is 2. The number of benzene rings is 3. The van der Waals surface area contributed by atoms with Crippen LogP contribution in [0.2, 0.25) is 0 Å². The Morgan fingerprint density at radius 1 is 0.874 bits per heavy atom. The molecule has 11 rings (SSSR count). The third-order valence-corrected chi connectivity index (χ3v) is 18.1. The number of carboxylic acid groups (broad SMARTS) is 1. The number of piperazine rings is 2. The van der Waals surface area contributed by atoms with Crippen molar-refractivity contribution in [1.82, 2.24) is 29.8 Å². The van der Waals surface area contributed by atoms with Gasteiger partial charge in [-0.1, -0.05) is 45.9 Å². The quantitative estimate of drug-likeness (QED) is 0.0183. The van der Waals surface area contributed by atoms with Gasteiger partial charge in [-0.2, -0.15) is 5.10 Å². The number of phenolic OH excluding ortho intramolecular Hbond substituents is 3. The zero-order valence-corrected chi connectivity index (χ0v) is 55.2. The van der Waals surface area contributed by atoms with Gasteiger partial charge >= 0.3 is 17.7 Å². The fourth-order valence-electron chi connectivity index (χ4n) is 12.2. The van der Waals surface area contributed by atoms with Gasteiger partial charge in [-0.05, 0) is 59.1 Å². The number of ketones is 1. The fourth-order valence-corrected chi connectivity index (χ4v) is 12.2. The molecule has 10 atom stereocenters. The fraction of sp³-hybridized carbons (Fsp3) is 0.463. The number of phenols is 3. The van der Waals surface area contributed by atoms with Crippen molar-refractivity contribution in [2.45, 2.75) is 98.6 Å². The first-order valence-electron chi connectivity index (χ1n) is 31.1. The zero-order valence-electron chi connectivity index (χ0n) is 55.2. The largest absolute Gasteiger partial charge is 0.507 e. The number of carbonyl (C=O) groups is 5. The van der Waals surface area contributed by atoms with Crippen LogP contribution in [0.3, 0.4) is 0 Å². The highest BCUT2D eigenvalue weighted by Crippen LogP contribution is 2.55. The number of aliphatic hydroxyl groups is 2. The average Bonchev–Trinajstić information content (AvgIpc) is 1.68. The summed E-state index contributed by atoms with van der Waals surface area (Å²) in [5, 5.41) is 76.2. The number of hydrogen-bond acceptors (Lipinski definition) is 23. The van der Waals surface area contributed by atoms with E-state index in [0.29, 0.717) is 48.7 Å². The van der Waals surface area contributed by atoms with Gasteiger partial charge in [0.2, 0.25) is 5.43 Å². The first kappa shape index (κ1) is 71.7. The number of ether oxygens (including phenoxy) is 5. The van der Waals surface area contributed by atoms with Crippen molar-refractivity contribution in [1.29, 1.82) is 0 Å². The number of aromatic hydroxyl groups is 3. The maximum atomic E-state index is 15.0. The van der Waals surface area contributed by atoms with Crippen LogP contribution in [0.5, 0.6) is 28.7 Å². The number of carbonyl (C=O) groups excluding carboxylic acids is 4. The minimum Gasteiger partial charge on any atom is -0.507 e. The van der Waals surface area contributed by atoms with Gasteiger partial charge < -0.3 is 78.9 Å². The second kappa shape index (κ2) is 30.0. The lowest BCUT2D eigenvalue weighted by atomic mass is 9.78. The number of methoxy groups -OCH3 is 1. The van der Waals surface area contributed by atoms with Gasteiger partial charge in [-0.3, -0.25) is 39.4 Å². The lowest BCUT2D eigenvalue weighted by Gasteiger charge is -2.38. The Morgan fingerprint density at radius 2 is 1.52 bits per heavy atom. The van der Waals surface area contributed by atoms with E-state index in [1.165, 1.54) is 78.0 Å². The van der Waals surface area contributed by atoms with Crippen molar-refractivity contribution in [3.8, 4) is 28.7 Å². The summed E-state index contributed by atoms with van der Waals surface area (Å²) in [7, 11) is 5.44. The molecule has 27 nitrogen and oxygen atoms in total. The van der Waals surface area contributed by atoms with Crippen molar-refractivity contribution in [3.05, 3.63) is 117 Å². The van der Waals surface area contributed by atoms with E-state index in [1.807, 2.05) is 31.3 Å². The maximum absolute atomic E-state index is 15.0. The number of pyridine rings is 2. The average molecular weight is 1320 g/mol. The Labute approximate surface area is 548 Å². The molecule has 3 aromatic carbocycles. The number of nitrogens with two attached hydrogens (primary N) is 1. The maximum Gasteiger partial charge on any atom is 0.341 e. The van der Waals surface area contributed by atoms with Gasteiger partial charge in [-0.25, -0.2) is 15.0 Å².